The van der Waals surface area contributed by atoms with Crippen molar-refractivity contribution in [3.63, 3.8) is 0 Å². The molecule has 0 radical (unpaired) electrons. The summed E-state index contributed by atoms with van der Waals surface area (Å²) >= 11 is 0. The first kappa shape index (κ1) is 13.3. The lowest BCUT2D eigenvalue weighted by Gasteiger charge is -2.18. The molecule has 0 spiro atoms. The quantitative estimate of drug-likeness (QED) is 0.801. The first-order chi connectivity index (χ1) is 8.69. The molecule has 1 aliphatic rings. The first-order valence-corrected chi connectivity index (χ1v) is 6.47. The Balaban J connectivity index is 2.00. The van der Waals surface area contributed by atoms with Crippen LogP contribution in [0.2, 0.25) is 0 Å². The van der Waals surface area contributed by atoms with Gasteiger partial charge in [0.25, 0.3) is 0 Å². The van der Waals surface area contributed by atoms with Crippen LogP contribution in [0.25, 0.3) is 0 Å². The molecule has 18 heavy (non-hydrogen) atoms. The van der Waals surface area contributed by atoms with Crippen molar-refractivity contribution in [3.8, 4) is 5.75 Å². The normalized spacial score (nSPS) is 16.9. The molecule has 1 aromatic carbocycles. The SMILES string of the molecule is CCNC(CC1CC1)c1ccc(OC(F)F)cc1. The van der Waals surface area contributed by atoms with Crippen LogP contribution in [0.1, 0.15) is 37.8 Å². The van der Waals surface area contributed by atoms with E-state index < -0.39 is 6.61 Å². The Morgan fingerprint density at radius 3 is 2.44 bits per heavy atom. The van der Waals surface area contributed by atoms with Crippen LogP contribution in [0, 0.1) is 5.92 Å². The zero-order valence-corrected chi connectivity index (χ0v) is 10.5. The third-order valence-electron chi connectivity index (χ3n) is 3.22. The van der Waals surface area contributed by atoms with Gasteiger partial charge in [-0.1, -0.05) is 31.9 Å². The van der Waals surface area contributed by atoms with Crippen molar-refractivity contribution in [1.29, 1.82) is 0 Å². The Morgan fingerprint density at radius 2 is 1.94 bits per heavy atom. The van der Waals surface area contributed by atoms with Gasteiger partial charge < -0.3 is 10.1 Å². The molecule has 0 saturated heterocycles. The third kappa shape index (κ3) is 3.95. The average molecular weight is 255 g/mol. The number of benzene rings is 1. The molecule has 0 aliphatic heterocycles. The van der Waals surface area contributed by atoms with Gasteiger partial charge in [-0.25, -0.2) is 0 Å². The van der Waals surface area contributed by atoms with Crippen molar-refractivity contribution >= 4 is 0 Å². The van der Waals surface area contributed by atoms with E-state index in [4.69, 9.17) is 0 Å². The standard InChI is InChI=1S/C14H19F2NO/c1-2-17-13(9-10-3-4-10)11-5-7-12(8-6-11)18-14(15)16/h5-8,10,13-14,17H,2-4,9H2,1H3. The number of ether oxygens (including phenoxy) is 1. The predicted octanol–water partition coefficient (Wildman–Crippen LogP) is 3.74. The monoisotopic (exact) mass is 255 g/mol. The predicted molar refractivity (Wildman–Crippen MR) is 66.8 cm³/mol. The number of halogens is 2. The highest BCUT2D eigenvalue weighted by atomic mass is 19.3. The second-order valence-corrected chi connectivity index (χ2v) is 4.74. The van der Waals surface area contributed by atoms with Crippen LogP contribution in [0.5, 0.6) is 5.75 Å². The van der Waals surface area contributed by atoms with Crippen LogP contribution >= 0.6 is 0 Å². The molecular weight excluding hydrogens is 236 g/mol. The fourth-order valence-electron chi connectivity index (χ4n) is 2.15. The van der Waals surface area contributed by atoms with E-state index in [-0.39, 0.29) is 5.75 Å². The number of alkyl halides is 2. The van der Waals surface area contributed by atoms with Crippen molar-refractivity contribution in [1.82, 2.24) is 5.32 Å². The highest BCUT2D eigenvalue weighted by Crippen LogP contribution is 2.37. The van der Waals surface area contributed by atoms with Gasteiger partial charge in [-0.3, -0.25) is 0 Å². The topological polar surface area (TPSA) is 21.3 Å². The lowest BCUT2D eigenvalue weighted by Crippen LogP contribution is -2.21. The minimum absolute atomic E-state index is 0.218. The summed E-state index contributed by atoms with van der Waals surface area (Å²) < 4.78 is 28.4. The van der Waals surface area contributed by atoms with Crippen molar-refractivity contribution in [2.24, 2.45) is 5.92 Å². The Bertz CT molecular complexity index is 363. The van der Waals surface area contributed by atoms with Gasteiger partial charge in [0.05, 0.1) is 0 Å². The summed E-state index contributed by atoms with van der Waals surface area (Å²) in [5, 5.41) is 3.44. The lowest BCUT2D eigenvalue weighted by atomic mass is 10.0. The van der Waals surface area contributed by atoms with Crippen molar-refractivity contribution < 1.29 is 13.5 Å². The van der Waals surface area contributed by atoms with E-state index >= 15 is 0 Å². The Morgan fingerprint density at radius 1 is 1.28 bits per heavy atom. The summed E-state index contributed by atoms with van der Waals surface area (Å²) in [5.41, 5.74) is 1.14. The Hall–Kier alpha value is -1.16. The fraction of sp³-hybridized carbons (Fsp3) is 0.571. The van der Waals surface area contributed by atoms with Crippen LogP contribution in [-0.2, 0) is 0 Å². The van der Waals surface area contributed by atoms with Gasteiger partial charge in [-0.15, -0.1) is 0 Å². The Labute approximate surface area is 106 Å². The molecule has 0 bridgehead atoms. The molecule has 1 fully saturated rings. The van der Waals surface area contributed by atoms with Crippen LogP contribution in [0.4, 0.5) is 8.78 Å². The largest absolute Gasteiger partial charge is 0.435 e. The second kappa shape index (κ2) is 6.14. The number of nitrogens with one attached hydrogen (secondary N) is 1. The molecule has 100 valence electrons. The van der Waals surface area contributed by atoms with Crippen LogP contribution < -0.4 is 10.1 Å². The van der Waals surface area contributed by atoms with E-state index in [1.165, 1.54) is 12.8 Å². The maximum Gasteiger partial charge on any atom is 0.387 e. The molecule has 1 unspecified atom stereocenters. The number of rotatable bonds is 7. The molecule has 1 saturated carbocycles. The Kier molecular flexibility index (Phi) is 4.53. The van der Waals surface area contributed by atoms with Gasteiger partial charge in [0.15, 0.2) is 0 Å². The van der Waals surface area contributed by atoms with E-state index in [9.17, 15) is 8.78 Å². The zero-order chi connectivity index (χ0) is 13.0. The lowest BCUT2D eigenvalue weighted by molar-refractivity contribution is -0.0498. The first-order valence-electron chi connectivity index (χ1n) is 6.47. The smallest absolute Gasteiger partial charge is 0.387 e. The summed E-state index contributed by atoms with van der Waals surface area (Å²) in [6.07, 6.45) is 3.76. The summed E-state index contributed by atoms with van der Waals surface area (Å²) in [6.45, 7) is 0.229. The molecule has 1 atom stereocenters. The molecule has 0 amide bonds. The van der Waals surface area contributed by atoms with Gasteiger partial charge >= 0.3 is 6.61 Å². The van der Waals surface area contributed by atoms with Crippen molar-refractivity contribution in [2.75, 3.05) is 6.54 Å². The molecule has 1 aromatic rings. The minimum atomic E-state index is -2.76. The summed E-state index contributed by atoms with van der Waals surface area (Å²) in [7, 11) is 0. The maximum absolute atomic E-state index is 12.0. The highest BCUT2D eigenvalue weighted by Gasteiger charge is 2.25. The van der Waals surface area contributed by atoms with Gasteiger partial charge in [0, 0.05) is 6.04 Å². The zero-order valence-electron chi connectivity index (χ0n) is 10.5. The molecule has 1 N–H and O–H groups in total. The summed E-state index contributed by atoms with van der Waals surface area (Å²) in [5.74, 6) is 1.04. The molecule has 1 aliphatic carbocycles. The van der Waals surface area contributed by atoms with Gasteiger partial charge in [0.1, 0.15) is 5.75 Å². The third-order valence-corrected chi connectivity index (χ3v) is 3.22. The highest BCUT2D eigenvalue weighted by molar-refractivity contribution is 5.29. The maximum atomic E-state index is 12.0. The molecule has 4 heteroatoms. The molecule has 0 heterocycles. The van der Waals surface area contributed by atoms with Crippen molar-refractivity contribution in [2.45, 2.75) is 38.8 Å². The van der Waals surface area contributed by atoms with E-state index in [0.29, 0.717) is 6.04 Å². The van der Waals surface area contributed by atoms with E-state index in [1.54, 1.807) is 12.1 Å². The van der Waals surface area contributed by atoms with Crippen LogP contribution in [0.15, 0.2) is 24.3 Å². The van der Waals surface area contributed by atoms with Gasteiger partial charge in [-0.05, 0) is 36.6 Å². The molecular formula is C14H19F2NO. The van der Waals surface area contributed by atoms with E-state index in [0.717, 1.165) is 24.4 Å². The van der Waals surface area contributed by atoms with E-state index in [1.807, 2.05) is 12.1 Å². The number of hydrogen-bond acceptors (Lipinski definition) is 2. The van der Waals surface area contributed by atoms with E-state index in [2.05, 4.69) is 17.0 Å². The van der Waals surface area contributed by atoms with Gasteiger partial charge in [-0.2, -0.15) is 8.78 Å². The van der Waals surface area contributed by atoms with Gasteiger partial charge in [0.2, 0.25) is 0 Å². The molecule has 2 rings (SSSR count). The van der Waals surface area contributed by atoms with Crippen LogP contribution in [-0.4, -0.2) is 13.2 Å². The summed E-state index contributed by atoms with van der Waals surface area (Å²) in [6, 6.07) is 7.28. The summed E-state index contributed by atoms with van der Waals surface area (Å²) in [4.78, 5) is 0. The second-order valence-electron chi connectivity index (χ2n) is 4.74. The van der Waals surface area contributed by atoms with Crippen molar-refractivity contribution in [3.05, 3.63) is 29.8 Å². The molecule has 0 aromatic heterocycles. The molecule has 2 nitrogen and oxygen atoms in total. The van der Waals surface area contributed by atoms with Crippen LogP contribution in [0.3, 0.4) is 0 Å². The number of hydrogen-bond donors (Lipinski definition) is 1. The average Bonchev–Trinajstić information content (AvgIpc) is 3.13. The minimum Gasteiger partial charge on any atom is -0.435 e. The fourth-order valence-corrected chi connectivity index (χ4v) is 2.15.